The van der Waals surface area contributed by atoms with Gasteiger partial charge < -0.3 is 10.1 Å². The molecule has 1 aliphatic carbocycles. The van der Waals surface area contributed by atoms with E-state index in [4.69, 9.17) is 9.84 Å². The van der Waals surface area contributed by atoms with Crippen molar-refractivity contribution in [2.75, 3.05) is 25.0 Å². The molecule has 4 aromatic heterocycles. The predicted molar refractivity (Wildman–Crippen MR) is 215 cm³/mol. The number of carbonyl (C=O) groups excluding carboxylic acids is 3. The van der Waals surface area contributed by atoms with Gasteiger partial charge in [0.25, 0.3) is 11.8 Å². The number of fused-ring (bicyclic) bond motifs is 3. The van der Waals surface area contributed by atoms with Crippen molar-refractivity contribution < 1.29 is 27.9 Å². The molecule has 2 aromatic carbocycles. The molecule has 2 aliphatic heterocycles. The summed E-state index contributed by atoms with van der Waals surface area (Å²) in [6.07, 6.45) is 10.8. The monoisotopic (exact) mass is 808 g/mol. The molecule has 0 radical (unpaired) electrons. The van der Waals surface area contributed by atoms with Gasteiger partial charge in [0.1, 0.15) is 17.5 Å². The van der Waals surface area contributed by atoms with E-state index < -0.39 is 29.5 Å². The lowest BCUT2D eigenvalue weighted by molar-refractivity contribution is -0.135. The number of hydrogen-bond donors (Lipinski definition) is 2. The van der Waals surface area contributed by atoms with E-state index in [1.807, 2.05) is 29.6 Å². The third-order valence-electron chi connectivity index (χ3n) is 12.2. The molecule has 6 aromatic rings. The van der Waals surface area contributed by atoms with Crippen molar-refractivity contribution in [3.63, 3.8) is 0 Å². The average Bonchev–Trinajstić information content (AvgIpc) is 3.88. The van der Waals surface area contributed by atoms with Gasteiger partial charge in [-0.05, 0) is 94.7 Å². The van der Waals surface area contributed by atoms with Crippen molar-refractivity contribution in [1.82, 2.24) is 43.7 Å². The molecule has 3 aliphatic rings. The van der Waals surface area contributed by atoms with Crippen LogP contribution in [0.2, 0.25) is 0 Å². The molecule has 15 nitrogen and oxygen atoms in total. The Morgan fingerprint density at radius 3 is 2.63 bits per heavy atom. The average molecular weight is 809 g/mol. The summed E-state index contributed by atoms with van der Waals surface area (Å²) in [5, 5.41) is 15.2. The van der Waals surface area contributed by atoms with Crippen molar-refractivity contribution in [3.05, 3.63) is 82.8 Å². The quantitative estimate of drug-likeness (QED) is 0.177. The standard InChI is InChI=1S/C42H46F2N10O5/c1-24(2)59-36-19-31-27(17-29(36)39(56)47-32-20-46-52-15-4-14-45-38(32)52)22-53(49-31)28-8-5-25(6-9-28)21-51-16-13-30(42(43,44)23-51)26-7-10-33-35(18-26)50(3)41(58)54(33)34-11-12-37(55)48-40(34)57/h4,7,10,14-15,17-20,22,24-25,28,30,34H,5-6,8-9,11-13,16,21,23H2,1-3H3,(H,47,56)(H,48,55,57)/t25?,28?,30-,34?/m1/s1. The second-order valence-corrected chi connectivity index (χ2v) is 16.5. The number of aromatic nitrogens is 7. The van der Waals surface area contributed by atoms with Crippen LogP contribution >= 0.6 is 0 Å². The van der Waals surface area contributed by atoms with Crippen LogP contribution in [0, 0.1) is 5.92 Å². The van der Waals surface area contributed by atoms with Gasteiger partial charge in [-0.2, -0.15) is 10.2 Å². The number of hydrogen-bond acceptors (Lipinski definition) is 9. The zero-order chi connectivity index (χ0) is 41.2. The van der Waals surface area contributed by atoms with Gasteiger partial charge in [-0.15, -0.1) is 0 Å². The second-order valence-electron chi connectivity index (χ2n) is 16.5. The molecule has 308 valence electrons. The summed E-state index contributed by atoms with van der Waals surface area (Å²) in [4.78, 5) is 57.4. The highest BCUT2D eigenvalue weighted by Crippen LogP contribution is 2.42. The van der Waals surface area contributed by atoms with E-state index in [1.165, 1.54) is 9.13 Å². The SMILES string of the molecule is CC(C)Oc1cc2nn(C3CCC(CN4CC[C@H](c5ccc6c(c5)n(C)c(=O)n6C5CCC(=O)NC5=O)C(F)(F)C4)CC3)cc2cc1C(=O)Nc1cnn2cccnc12. The van der Waals surface area contributed by atoms with Gasteiger partial charge in [-0.25, -0.2) is 23.1 Å². The summed E-state index contributed by atoms with van der Waals surface area (Å²) in [6.45, 7) is 4.58. The van der Waals surface area contributed by atoms with Crippen molar-refractivity contribution in [2.45, 2.75) is 88.8 Å². The van der Waals surface area contributed by atoms with E-state index in [0.29, 0.717) is 52.3 Å². The Morgan fingerprint density at radius 2 is 1.86 bits per heavy atom. The van der Waals surface area contributed by atoms with Crippen LogP contribution in [0.25, 0.3) is 27.6 Å². The summed E-state index contributed by atoms with van der Waals surface area (Å²) in [6, 6.07) is 9.62. The molecule has 1 saturated carbocycles. The van der Waals surface area contributed by atoms with Gasteiger partial charge in [-0.1, -0.05) is 6.07 Å². The first-order valence-electron chi connectivity index (χ1n) is 20.3. The minimum atomic E-state index is -2.99. The van der Waals surface area contributed by atoms with Crippen LogP contribution in [0.1, 0.15) is 92.7 Å². The highest BCUT2D eigenvalue weighted by Gasteiger charge is 2.46. The molecule has 59 heavy (non-hydrogen) atoms. The molecule has 3 amide bonds. The number of carbonyl (C=O) groups is 3. The Hall–Kier alpha value is -5.97. The van der Waals surface area contributed by atoms with Gasteiger partial charge in [0.15, 0.2) is 5.65 Å². The first-order valence-corrected chi connectivity index (χ1v) is 20.3. The van der Waals surface area contributed by atoms with Crippen LogP contribution in [0.5, 0.6) is 5.75 Å². The topological polar surface area (TPSA) is 163 Å². The lowest BCUT2D eigenvalue weighted by atomic mass is 9.83. The van der Waals surface area contributed by atoms with Crippen LogP contribution in [-0.4, -0.2) is 87.8 Å². The number of anilines is 1. The third-order valence-corrected chi connectivity index (χ3v) is 12.2. The molecule has 6 heterocycles. The second kappa shape index (κ2) is 15.0. The zero-order valence-electron chi connectivity index (χ0n) is 33.1. The highest BCUT2D eigenvalue weighted by molar-refractivity contribution is 6.09. The number of amides is 3. The molecule has 2 N–H and O–H groups in total. The largest absolute Gasteiger partial charge is 0.490 e. The Balaban J connectivity index is 0.842. The van der Waals surface area contributed by atoms with Crippen LogP contribution in [0.4, 0.5) is 14.5 Å². The lowest BCUT2D eigenvalue weighted by Crippen LogP contribution is -2.49. The van der Waals surface area contributed by atoms with Crippen LogP contribution in [0.3, 0.4) is 0 Å². The molecule has 0 bridgehead atoms. The molecule has 2 saturated heterocycles. The summed E-state index contributed by atoms with van der Waals surface area (Å²) in [7, 11) is 1.57. The molecule has 9 rings (SSSR count). The number of rotatable bonds is 9. The molecule has 3 fully saturated rings. The number of imide groups is 1. The number of alkyl halides is 2. The van der Waals surface area contributed by atoms with Crippen molar-refractivity contribution in [2.24, 2.45) is 13.0 Å². The van der Waals surface area contributed by atoms with Gasteiger partial charge in [-0.3, -0.25) is 38.4 Å². The Bertz CT molecular complexity index is 2670. The fraction of sp³-hybridized carbons (Fsp3) is 0.452. The molecular weight excluding hydrogens is 763 g/mol. The lowest BCUT2D eigenvalue weighted by Gasteiger charge is -2.41. The smallest absolute Gasteiger partial charge is 0.329 e. The zero-order valence-corrected chi connectivity index (χ0v) is 33.1. The summed E-state index contributed by atoms with van der Waals surface area (Å²) < 4.78 is 44.4. The first kappa shape index (κ1) is 38.5. The van der Waals surface area contributed by atoms with Gasteiger partial charge in [0.05, 0.1) is 52.9 Å². The van der Waals surface area contributed by atoms with Crippen LogP contribution in [0.15, 0.2) is 66.0 Å². The van der Waals surface area contributed by atoms with Crippen molar-refractivity contribution in [1.29, 1.82) is 0 Å². The number of halogens is 2. The number of aryl methyl sites for hydroxylation is 1. The molecule has 2 atom stereocenters. The maximum atomic E-state index is 16.0. The number of ether oxygens (including phenoxy) is 1. The van der Waals surface area contributed by atoms with Gasteiger partial charge >= 0.3 is 5.69 Å². The first-order chi connectivity index (χ1) is 28.3. The molecule has 17 heteroatoms. The fourth-order valence-corrected chi connectivity index (χ4v) is 9.25. The van der Waals surface area contributed by atoms with E-state index in [0.717, 1.165) is 36.6 Å². The highest BCUT2D eigenvalue weighted by atomic mass is 19.3. The molecular formula is C42H46F2N10O5. The number of nitrogens with zero attached hydrogens (tertiary/aromatic N) is 8. The maximum absolute atomic E-state index is 16.0. The number of imidazole rings is 1. The fourth-order valence-electron chi connectivity index (χ4n) is 9.25. The predicted octanol–water partition coefficient (Wildman–Crippen LogP) is 5.61. The van der Waals surface area contributed by atoms with Crippen LogP contribution < -0.4 is 21.1 Å². The van der Waals surface area contributed by atoms with E-state index in [9.17, 15) is 19.2 Å². The van der Waals surface area contributed by atoms with Crippen LogP contribution in [-0.2, 0) is 16.6 Å². The molecule has 1 unspecified atom stereocenters. The Kier molecular flexibility index (Phi) is 9.80. The molecule has 0 spiro atoms. The van der Waals surface area contributed by atoms with Gasteiger partial charge in [0.2, 0.25) is 11.8 Å². The normalized spacial score (nSPS) is 22.7. The number of nitrogens with one attached hydrogen (secondary N) is 2. The number of benzene rings is 2. The maximum Gasteiger partial charge on any atom is 0.329 e. The minimum Gasteiger partial charge on any atom is -0.490 e. The summed E-state index contributed by atoms with van der Waals surface area (Å²) in [5.41, 5.74) is 3.10. The summed E-state index contributed by atoms with van der Waals surface area (Å²) in [5.74, 6) is -4.55. The van der Waals surface area contributed by atoms with E-state index in [2.05, 4.69) is 20.7 Å². The van der Waals surface area contributed by atoms with Crippen molar-refractivity contribution >= 4 is 51.0 Å². The number of likely N-dealkylation sites (tertiary alicyclic amines) is 1. The third kappa shape index (κ3) is 7.25. The Labute approximate surface area is 337 Å². The van der Waals surface area contributed by atoms with Crippen molar-refractivity contribution in [3.8, 4) is 5.75 Å². The van der Waals surface area contributed by atoms with E-state index in [1.54, 1.807) is 66.6 Å². The Morgan fingerprint density at radius 1 is 1.05 bits per heavy atom. The number of piperidine rings is 2. The van der Waals surface area contributed by atoms with Gasteiger partial charge in [0, 0.05) is 50.1 Å². The summed E-state index contributed by atoms with van der Waals surface area (Å²) >= 11 is 0. The van der Waals surface area contributed by atoms with E-state index >= 15 is 8.78 Å². The van der Waals surface area contributed by atoms with E-state index in [-0.39, 0.29) is 55.7 Å². The minimum absolute atomic E-state index is 0.121.